The topological polar surface area (TPSA) is 39.1 Å². The van der Waals surface area contributed by atoms with E-state index in [1.54, 1.807) is 18.9 Å². The fraction of sp³-hybridized carbons (Fsp3) is 0.357. The average Bonchev–Trinajstić information content (AvgIpc) is 2.87. The first-order chi connectivity index (χ1) is 9.33. The summed E-state index contributed by atoms with van der Waals surface area (Å²) < 4.78 is 7.17. The lowest BCUT2D eigenvalue weighted by Crippen LogP contribution is -2.05. The zero-order valence-electron chi connectivity index (χ0n) is 11.3. The molecule has 19 heavy (non-hydrogen) atoms. The predicted molar refractivity (Wildman–Crippen MR) is 80.2 cm³/mol. The van der Waals surface area contributed by atoms with Crippen molar-refractivity contribution in [1.82, 2.24) is 9.55 Å². The summed E-state index contributed by atoms with van der Waals surface area (Å²) >= 11 is 1.74. The first-order valence-corrected chi connectivity index (χ1v) is 7.47. The van der Waals surface area contributed by atoms with Crippen LogP contribution in [0.4, 0.5) is 11.6 Å². The number of methoxy groups -OCH3 is 1. The maximum atomic E-state index is 5.07. The number of thioether (sulfide) groups is 1. The van der Waals surface area contributed by atoms with Crippen molar-refractivity contribution >= 4 is 23.4 Å². The van der Waals surface area contributed by atoms with Gasteiger partial charge in [-0.3, -0.25) is 0 Å². The second-order valence-corrected chi connectivity index (χ2v) is 5.02. The molecule has 0 unspecified atom stereocenters. The Morgan fingerprint density at radius 3 is 2.79 bits per heavy atom. The standard InChI is InChI=1S/C14H19N3OS/c1-18-11-3-9-17-10-8-15-14(17)16-12-4-6-13(19-2)7-5-12/h4-8,10H,3,9,11H2,1-2H3,(H,15,16). The Kier molecular flexibility index (Phi) is 5.30. The minimum absolute atomic E-state index is 0.764. The Balaban J connectivity index is 1.99. The molecule has 0 spiro atoms. The molecule has 0 radical (unpaired) electrons. The molecule has 1 aromatic carbocycles. The van der Waals surface area contributed by atoms with Crippen LogP contribution < -0.4 is 5.32 Å². The van der Waals surface area contributed by atoms with Crippen LogP contribution in [0.5, 0.6) is 0 Å². The molecule has 0 fully saturated rings. The summed E-state index contributed by atoms with van der Waals surface area (Å²) in [6.07, 6.45) is 6.84. The Bertz CT molecular complexity index is 496. The van der Waals surface area contributed by atoms with Gasteiger partial charge in [-0.25, -0.2) is 4.98 Å². The van der Waals surface area contributed by atoms with Crippen molar-refractivity contribution in [1.29, 1.82) is 0 Å². The van der Waals surface area contributed by atoms with Crippen molar-refractivity contribution in [2.75, 3.05) is 25.3 Å². The van der Waals surface area contributed by atoms with E-state index in [2.05, 4.69) is 45.4 Å². The van der Waals surface area contributed by atoms with Crippen molar-refractivity contribution in [3.63, 3.8) is 0 Å². The maximum Gasteiger partial charge on any atom is 0.207 e. The van der Waals surface area contributed by atoms with Gasteiger partial charge in [0.2, 0.25) is 5.95 Å². The highest BCUT2D eigenvalue weighted by atomic mass is 32.2. The van der Waals surface area contributed by atoms with Gasteiger partial charge in [-0.05, 0) is 36.9 Å². The summed E-state index contributed by atoms with van der Waals surface area (Å²) in [6.45, 7) is 1.67. The zero-order chi connectivity index (χ0) is 13.5. The van der Waals surface area contributed by atoms with Gasteiger partial charge in [0.25, 0.3) is 0 Å². The number of hydrogen-bond donors (Lipinski definition) is 1. The van der Waals surface area contributed by atoms with Crippen molar-refractivity contribution < 1.29 is 4.74 Å². The Hall–Kier alpha value is -1.46. The number of aromatic nitrogens is 2. The number of rotatable bonds is 7. The third-order valence-corrected chi connectivity index (χ3v) is 3.55. The van der Waals surface area contributed by atoms with Crippen molar-refractivity contribution in [3.8, 4) is 0 Å². The first kappa shape index (κ1) is 14.0. The molecule has 4 nitrogen and oxygen atoms in total. The zero-order valence-corrected chi connectivity index (χ0v) is 12.1. The van der Waals surface area contributed by atoms with Crippen LogP contribution in [-0.4, -0.2) is 29.5 Å². The predicted octanol–water partition coefficient (Wildman–Crippen LogP) is 3.39. The van der Waals surface area contributed by atoms with Crippen LogP contribution in [0, 0.1) is 0 Å². The molecule has 0 bridgehead atoms. The van der Waals surface area contributed by atoms with Crippen LogP contribution in [0.3, 0.4) is 0 Å². The lowest BCUT2D eigenvalue weighted by molar-refractivity contribution is 0.190. The van der Waals surface area contributed by atoms with E-state index in [0.29, 0.717) is 0 Å². The molecule has 0 aliphatic heterocycles. The van der Waals surface area contributed by atoms with Gasteiger partial charge in [-0.1, -0.05) is 0 Å². The van der Waals surface area contributed by atoms with E-state index in [0.717, 1.165) is 31.2 Å². The van der Waals surface area contributed by atoms with Gasteiger partial charge in [-0.2, -0.15) is 0 Å². The summed E-state index contributed by atoms with van der Waals surface area (Å²) in [4.78, 5) is 5.60. The second kappa shape index (κ2) is 7.21. The van der Waals surface area contributed by atoms with Crippen LogP contribution in [0.15, 0.2) is 41.6 Å². The smallest absolute Gasteiger partial charge is 0.207 e. The molecule has 5 heteroatoms. The lowest BCUT2D eigenvalue weighted by Gasteiger charge is -2.10. The van der Waals surface area contributed by atoms with Crippen LogP contribution >= 0.6 is 11.8 Å². The fourth-order valence-corrected chi connectivity index (χ4v) is 2.20. The Morgan fingerprint density at radius 2 is 2.11 bits per heavy atom. The quantitative estimate of drug-likeness (QED) is 0.622. The van der Waals surface area contributed by atoms with Gasteiger partial charge >= 0.3 is 0 Å². The molecule has 1 heterocycles. The molecule has 2 aromatic rings. The number of nitrogens with zero attached hydrogens (tertiary/aromatic N) is 2. The van der Waals surface area contributed by atoms with E-state index < -0.39 is 0 Å². The van der Waals surface area contributed by atoms with Crippen LogP contribution in [0.2, 0.25) is 0 Å². The van der Waals surface area contributed by atoms with Gasteiger partial charge in [0.05, 0.1) is 0 Å². The van der Waals surface area contributed by atoms with Gasteiger partial charge in [0, 0.05) is 43.2 Å². The van der Waals surface area contributed by atoms with Crippen LogP contribution in [-0.2, 0) is 11.3 Å². The highest BCUT2D eigenvalue weighted by molar-refractivity contribution is 7.98. The monoisotopic (exact) mass is 277 g/mol. The molecule has 0 saturated carbocycles. The number of aryl methyl sites for hydroxylation is 1. The van der Waals surface area contributed by atoms with Crippen molar-refractivity contribution in [2.24, 2.45) is 0 Å². The molecular weight excluding hydrogens is 258 g/mol. The Labute approximate surface area is 118 Å². The van der Waals surface area contributed by atoms with Gasteiger partial charge in [-0.15, -0.1) is 11.8 Å². The number of benzene rings is 1. The molecule has 2 rings (SSSR count). The number of anilines is 2. The van der Waals surface area contributed by atoms with Crippen LogP contribution in [0.1, 0.15) is 6.42 Å². The second-order valence-electron chi connectivity index (χ2n) is 4.14. The van der Waals surface area contributed by atoms with E-state index in [1.165, 1.54) is 4.90 Å². The largest absolute Gasteiger partial charge is 0.385 e. The SMILES string of the molecule is COCCCn1ccnc1Nc1ccc(SC)cc1. The lowest BCUT2D eigenvalue weighted by atomic mass is 10.3. The first-order valence-electron chi connectivity index (χ1n) is 6.24. The Morgan fingerprint density at radius 1 is 1.32 bits per heavy atom. The molecule has 0 atom stereocenters. The minimum Gasteiger partial charge on any atom is -0.385 e. The van der Waals surface area contributed by atoms with E-state index in [1.807, 2.05) is 12.4 Å². The summed E-state index contributed by atoms with van der Waals surface area (Å²) in [5.74, 6) is 0.869. The van der Waals surface area contributed by atoms with E-state index >= 15 is 0 Å². The van der Waals surface area contributed by atoms with Crippen LogP contribution in [0.25, 0.3) is 0 Å². The van der Waals surface area contributed by atoms with E-state index in [4.69, 9.17) is 4.74 Å². The molecule has 0 amide bonds. The summed E-state index contributed by atoms with van der Waals surface area (Å²) in [6, 6.07) is 8.34. The van der Waals surface area contributed by atoms with E-state index in [-0.39, 0.29) is 0 Å². The number of hydrogen-bond acceptors (Lipinski definition) is 4. The molecule has 1 aromatic heterocycles. The summed E-state index contributed by atoms with van der Waals surface area (Å²) in [5, 5.41) is 3.33. The summed E-state index contributed by atoms with van der Waals surface area (Å²) in [5.41, 5.74) is 1.05. The van der Waals surface area contributed by atoms with Crippen molar-refractivity contribution in [3.05, 3.63) is 36.7 Å². The number of ether oxygens (including phenoxy) is 1. The molecule has 0 saturated heterocycles. The van der Waals surface area contributed by atoms with E-state index in [9.17, 15) is 0 Å². The third kappa shape index (κ3) is 4.01. The molecule has 0 aliphatic rings. The molecule has 102 valence electrons. The minimum atomic E-state index is 0.764. The average molecular weight is 277 g/mol. The fourth-order valence-electron chi connectivity index (χ4n) is 1.80. The molecular formula is C14H19N3OS. The summed E-state index contributed by atoms with van der Waals surface area (Å²) in [7, 11) is 1.72. The highest BCUT2D eigenvalue weighted by Gasteiger charge is 2.03. The third-order valence-electron chi connectivity index (χ3n) is 2.81. The van der Waals surface area contributed by atoms with Gasteiger partial charge < -0.3 is 14.6 Å². The van der Waals surface area contributed by atoms with Crippen molar-refractivity contribution in [2.45, 2.75) is 17.9 Å². The molecule has 0 aliphatic carbocycles. The maximum absolute atomic E-state index is 5.07. The van der Waals surface area contributed by atoms with Gasteiger partial charge in [0.15, 0.2) is 0 Å². The highest BCUT2D eigenvalue weighted by Crippen LogP contribution is 2.20. The normalized spacial score (nSPS) is 10.6. The van der Waals surface area contributed by atoms with Gasteiger partial charge in [0.1, 0.15) is 0 Å². The number of nitrogens with one attached hydrogen (secondary N) is 1. The number of imidazole rings is 1. The molecule has 1 N–H and O–H groups in total.